The summed E-state index contributed by atoms with van der Waals surface area (Å²) in [7, 11) is 1.68. The van der Waals surface area contributed by atoms with E-state index in [1.54, 1.807) is 13.3 Å². The summed E-state index contributed by atoms with van der Waals surface area (Å²) < 4.78 is 5.24. The van der Waals surface area contributed by atoms with Crippen LogP contribution in [0.25, 0.3) is 6.08 Å². The molecule has 1 N–H and O–H groups in total. The zero-order valence-electron chi connectivity index (χ0n) is 13.4. The summed E-state index contributed by atoms with van der Waals surface area (Å²) in [4.78, 5) is 9.23. The van der Waals surface area contributed by atoms with E-state index in [0.717, 1.165) is 39.8 Å². The molecule has 0 aliphatic carbocycles. The van der Waals surface area contributed by atoms with Crippen LogP contribution in [0, 0.1) is 0 Å². The molecule has 118 valence electrons. The predicted octanol–water partition coefficient (Wildman–Crippen LogP) is 2.00. The quantitative estimate of drug-likeness (QED) is 0.942. The molecule has 1 aromatic carbocycles. The number of hydrogen-bond acceptors (Lipinski definition) is 4. The lowest BCUT2D eigenvalue weighted by molar-refractivity contribution is 0.414. The fraction of sp³-hybridized carbons (Fsp3) is 0.100. The second kappa shape index (κ2) is 6.16. The molecule has 4 nitrogen and oxygen atoms in total. The van der Waals surface area contributed by atoms with Crippen molar-refractivity contribution in [3.8, 4) is 5.75 Å². The molecule has 0 fully saturated rings. The summed E-state index contributed by atoms with van der Waals surface area (Å²) in [5, 5.41) is 5.13. The Labute approximate surface area is 140 Å². The summed E-state index contributed by atoms with van der Waals surface area (Å²) in [6.45, 7) is 0. The predicted molar refractivity (Wildman–Crippen MR) is 93.6 cm³/mol. The van der Waals surface area contributed by atoms with Gasteiger partial charge in [0, 0.05) is 12.4 Å². The van der Waals surface area contributed by atoms with Crippen molar-refractivity contribution in [1.29, 1.82) is 0 Å². The van der Waals surface area contributed by atoms with Crippen LogP contribution in [-0.2, 0) is 6.42 Å². The van der Waals surface area contributed by atoms with E-state index in [1.807, 2.05) is 42.6 Å². The maximum absolute atomic E-state index is 5.24. The number of hydrogen-bond donors (Lipinski definition) is 1. The van der Waals surface area contributed by atoms with Gasteiger partial charge < -0.3 is 10.1 Å². The summed E-state index contributed by atoms with van der Waals surface area (Å²) in [6, 6.07) is 12.0. The van der Waals surface area contributed by atoms with Gasteiger partial charge in [-0.25, -0.2) is 4.99 Å². The second-order valence-corrected chi connectivity index (χ2v) is 5.64. The van der Waals surface area contributed by atoms with Crippen molar-refractivity contribution in [2.24, 2.45) is 4.99 Å². The molecule has 0 spiro atoms. The highest BCUT2D eigenvalue weighted by atomic mass is 16.5. The molecule has 0 bridgehead atoms. The van der Waals surface area contributed by atoms with Crippen LogP contribution in [0.1, 0.15) is 5.56 Å². The minimum absolute atomic E-state index is 0.795. The Morgan fingerprint density at radius 1 is 1.12 bits per heavy atom. The van der Waals surface area contributed by atoms with E-state index in [0.29, 0.717) is 0 Å². The number of aromatic nitrogens is 1. The van der Waals surface area contributed by atoms with E-state index in [9.17, 15) is 0 Å². The molecule has 2 aromatic rings. The first-order valence-electron chi connectivity index (χ1n) is 7.85. The molecule has 0 unspecified atom stereocenters. The van der Waals surface area contributed by atoms with Gasteiger partial charge in [-0.15, -0.1) is 0 Å². The molecule has 4 heteroatoms. The lowest BCUT2D eigenvalue weighted by atomic mass is 10.0. The van der Waals surface area contributed by atoms with Gasteiger partial charge in [0.05, 0.1) is 29.2 Å². The maximum atomic E-state index is 5.24. The maximum Gasteiger partial charge on any atom is 0.118 e. The monoisotopic (exact) mass is 315 g/mol. The van der Waals surface area contributed by atoms with Crippen molar-refractivity contribution >= 4 is 6.08 Å². The van der Waals surface area contributed by atoms with E-state index in [4.69, 9.17) is 9.73 Å². The molecule has 24 heavy (non-hydrogen) atoms. The minimum atomic E-state index is 0.795. The van der Waals surface area contributed by atoms with Gasteiger partial charge >= 0.3 is 0 Å². The van der Waals surface area contributed by atoms with Crippen LogP contribution in [0.5, 0.6) is 5.75 Å². The van der Waals surface area contributed by atoms with Crippen LogP contribution in [0.3, 0.4) is 0 Å². The highest BCUT2D eigenvalue weighted by molar-refractivity contribution is 5.57. The normalized spacial score (nSPS) is 15.1. The lowest BCUT2D eigenvalue weighted by Gasteiger charge is -2.15. The third kappa shape index (κ3) is 2.74. The zero-order chi connectivity index (χ0) is 16.4. The molecule has 4 rings (SSSR count). The Kier molecular flexibility index (Phi) is 3.71. The first kappa shape index (κ1) is 14.5. The van der Waals surface area contributed by atoms with E-state index in [1.165, 1.54) is 5.56 Å². The molecule has 1 aromatic heterocycles. The Morgan fingerprint density at radius 2 is 2.00 bits per heavy atom. The summed E-state index contributed by atoms with van der Waals surface area (Å²) in [5.41, 5.74) is 4.34. The summed E-state index contributed by atoms with van der Waals surface area (Å²) in [6.07, 6.45) is 10.6. The molecule has 0 radical (unpaired) electrons. The summed E-state index contributed by atoms with van der Waals surface area (Å²) in [5.74, 6) is 0.863. The Hall–Kier alpha value is -3.14. The number of allylic oxidation sites excluding steroid dienone is 3. The molecule has 2 aliphatic heterocycles. The van der Waals surface area contributed by atoms with E-state index < -0.39 is 0 Å². The van der Waals surface area contributed by atoms with Crippen molar-refractivity contribution in [3.05, 3.63) is 94.2 Å². The molecule has 0 saturated heterocycles. The van der Waals surface area contributed by atoms with Crippen LogP contribution >= 0.6 is 0 Å². The first-order chi connectivity index (χ1) is 11.8. The standard InChI is InChI=1S/C20H17N3O/c1-24-16-8-6-14(7-9-16)12-15-13-19-17(4-2-10-21-19)23-18-5-3-11-22-20(15)18/h2-11,13,22H,12H2,1H3. The first-order valence-corrected chi connectivity index (χ1v) is 7.85. The SMILES string of the molecule is COc1ccc(CC2=C3NC=CC=C3N=c3cccnc3=C2)cc1. The number of pyridine rings is 1. The smallest absolute Gasteiger partial charge is 0.118 e. The number of methoxy groups -OCH3 is 1. The third-order valence-electron chi connectivity index (χ3n) is 4.08. The zero-order valence-corrected chi connectivity index (χ0v) is 13.4. The fourth-order valence-corrected chi connectivity index (χ4v) is 2.86. The Morgan fingerprint density at radius 3 is 2.83 bits per heavy atom. The van der Waals surface area contributed by atoms with Gasteiger partial charge in [0.2, 0.25) is 0 Å². The Balaban J connectivity index is 1.81. The molecular weight excluding hydrogens is 298 g/mol. The minimum Gasteiger partial charge on any atom is -0.497 e. The van der Waals surface area contributed by atoms with Crippen LogP contribution in [0.15, 0.2) is 82.9 Å². The number of benzene rings is 1. The van der Waals surface area contributed by atoms with Gasteiger partial charge in [-0.05, 0) is 60.1 Å². The third-order valence-corrected chi connectivity index (χ3v) is 4.08. The Bertz CT molecular complexity index is 982. The van der Waals surface area contributed by atoms with Crippen LogP contribution in [0.4, 0.5) is 0 Å². The largest absolute Gasteiger partial charge is 0.497 e. The van der Waals surface area contributed by atoms with Gasteiger partial charge in [-0.3, -0.25) is 4.98 Å². The number of fused-ring (bicyclic) bond motifs is 2. The van der Waals surface area contributed by atoms with Gasteiger partial charge in [0.15, 0.2) is 0 Å². The van der Waals surface area contributed by atoms with E-state index in [2.05, 4.69) is 28.5 Å². The van der Waals surface area contributed by atoms with Gasteiger partial charge in [-0.2, -0.15) is 0 Å². The molecule has 2 aliphatic rings. The number of ether oxygens (including phenoxy) is 1. The van der Waals surface area contributed by atoms with Crippen molar-refractivity contribution < 1.29 is 4.74 Å². The van der Waals surface area contributed by atoms with E-state index >= 15 is 0 Å². The fourth-order valence-electron chi connectivity index (χ4n) is 2.86. The van der Waals surface area contributed by atoms with Crippen molar-refractivity contribution in [2.75, 3.05) is 7.11 Å². The molecule has 0 atom stereocenters. The molecule has 0 saturated carbocycles. The number of dihydropyridines is 1. The van der Waals surface area contributed by atoms with Gasteiger partial charge in [0.1, 0.15) is 5.75 Å². The second-order valence-electron chi connectivity index (χ2n) is 5.64. The number of nitrogens with one attached hydrogen (secondary N) is 1. The average Bonchev–Trinajstić information content (AvgIpc) is 2.79. The van der Waals surface area contributed by atoms with Crippen LogP contribution < -0.4 is 20.8 Å². The average molecular weight is 315 g/mol. The van der Waals surface area contributed by atoms with Crippen LogP contribution in [0.2, 0.25) is 0 Å². The number of rotatable bonds is 3. The molecule has 3 heterocycles. The molecular formula is C20H17N3O. The molecule has 0 amide bonds. The van der Waals surface area contributed by atoms with Crippen LogP contribution in [-0.4, -0.2) is 12.1 Å². The topological polar surface area (TPSA) is 46.5 Å². The van der Waals surface area contributed by atoms with E-state index in [-0.39, 0.29) is 0 Å². The summed E-state index contributed by atoms with van der Waals surface area (Å²) >= 11 is 0. The number of nitrogens with zero attached hydrogens (tertiary/aromatic N) is 2. The highest BCUT2D eigenvalue weighted by Gasteiger charge is 2.14. The van der Waals surface area contributed by atoms with Crippen molar-refractivity contribution in [2.45, 2.75) is 6.42 Å². The van der Waals surface area contributed by atoms with Crippen molar-refractivity contribution in [3.63, 3.8) is 0 Å². The highest BCUT2D eigenvalue weighted by Crippen LogP contribution is 2.23. The van der Waals surface area contributed by atoms with Gasteiger partial charge in [-0.1, -0.05) is 12.1 Å². The van der Waals surface area contributed by atoms with Gasteiger partial charge in [0.25, 0.3) is 0 Å². The lowest BCUT2D eigenvalue weighted by Crippen LogP contribution is -2.27. The van der Waals surface area contributed by atoms with Crippen molar-refractivity contribution in [1.82, 2.24) is 10.3 Å².